The van der Waals surface area contributed by atoms with Gasteiger partial charge in [0.25, 0.3) is 5.91 Å². The number of carbonyl (C=O) groups excluding carboxylic acids is 3. The van der Waals surface area contributed by atoms with Gasteiger partial charge in [-0.05, 0) is 49.1 Å². The van der Waals surface area contributed by atoms with E-state index >= 15 is 0 Å². The van der Waals surface area contributed by atoms with Crippen molar-refractivity contribution in [3.05, 3.63) is 59.6 Å². The van der Waals surface area contributed by atoms with Gasteiger partial charge in [0.1, 0.15) is 22.7 Å². The zero-order chi connectivity index (χ0) is 28.5. The summed E-state index contributed by atoms with van der Waals surface area (Å²) >= 11 is 0. The van der Waals surface area contributed by atoms with E-state index in [-0.39, 0.29) is 41.5 Å². The van der Waals surface area contributed by atoms with Crippen LogP contribution in [0.15, 0.2) is 53.7 Å². The molecule has 0 spiro atoms. The zero-order valence-corrected chi connectivity index (χ0v) is 22.0. The van der Waals surface area contributed by atoms with Gasteiger partial charge >= 0.3 is 6.61 Å². The number of amides is 2. The fourth-order valence-corrected chi connectivity index (χ4v) is 6.62. The van der Waals surface area contributed by atoms with E-state index in [0.29, 0.717) is 4.73 Å². The van der Waals surface area contributed by atoms with Crippen LogP contribution in [-0.4, -0.2) is 73.0 Å². The number of Topliss-reactive ketones (excluding diaryl/α,β-unsaturated/α-hetero) is 1. The number of carbonyl (C=O) groups is 3. The highest BCUT2D eigenvalue weighted by Crippen LogP contribution is 2.34. The van der Waals surface area contributed by atoms with Crippen molar-refractivity contribution in [2.75, 3.05) is 13.1 Å². The smallest absolute Gasteiger partial charge is 0.387 e. The average Bonchev–Trinajstić information content (AvgIpc) is 3.44. The molecule has 2 amide bonds. The maximum atomic E-state index is 13.6. The number of likely N-dealkylation sites (tertiary alicyclic amines) is 1. The van der Waals surface area contributed by atoms with Crippen LogP contribution >= 0.6 is 0 Å². The standard InChI is InChI=1S/C25H28F2N4O7S/c1-15(2)12-19(28-23(33)16-5-7-17(8-6-16)38-25(26)27)24(34)30-11-9-20-22(30)21(32)14-31(20)39(36,37)18-4-3-10-29(35)13-18/h3-8,10,13,15,19-20,22,25H,9,11-12,14H2,1-2H3,(H,28,33). The first-order valence-corrected chi connectivity index (χ1v) is 13.7. The van der Waals surface area contributed by atoms with Crippen molar-refractivity contribution in [3.63, 3.8) is 0 Å². The van der Waals surface area contributed by atoms with Gasteiger partial charge in [0.05, 0.1) is 12.6 Å². The predicted octanol–water partition coefficient (Wildman–Crippen LogP) is 1.31. The molecule has 39 heavy (non-hydrogen) atoms. The Bertz CT molecular complexity index is 1350. The average molecular weight is 567 g/mol. The molecular formula is C25H28F2N4O7S. The number of hydrogen-bond donors (Lipinski definition) is 1. The highest BCUT2D eigenvalue weighted by atomic mass is 32.2. The number of pyridine rings is 1. The molecule has 2 fully saturated rings. The van der Waals surface area contributed by atoms with Crippen LogP contribution in [0.1, 0.15) is 37.0 Å². The quantitative estimate of drug-likeness (QED) is 0.357. The highest BCUT2D eigenvalue weighted by Gasteiger charge is 2.54. The summed E-state index contributed by atoms with van der Waals surface area (Å²) in [5.41, 5.74) is 0.116. The molecule has 1 N–H and O–H groups in total. The third-order valence-corrected chi connectivity index (χ3v) is 8.52. The first-order chi connectivity index (χ1) is 18.4. The Morgan fingerprint density at radius 1 is 1.21 bits per heavy atom. The molecule has 2 aromatic rings. The normalized spacial score (nSPS) is 20.4. The molecule has 3 heterocycles. The van der Waals surface area contributed by atoms with Gasteiger partial charge in [0.15, 0.2) is 18.2 Å². The second kappa shape index (κ2) is 11.2. The minimum atomic E-state index is -4.18. The molecule has 3 unspecified atom stereocenters. The molecule has 0 saturated carbocycles. The lowest BCUT2D eigenvalue weighted by atomic mass is 10.0. The maximum Gasteiger partial charge on any atom is 0.387 e. The summed E-state index contributed by atoms with van der Waals surface area (Å²) in [6.45, 7) is 0.359. The van der Waals surface area contributed by atoms with Crippen molar-refractivity contribution in [1.82, 2.24) is 14.5 Å². The summed E-state index contributed by atoms with van der Waals surface area (Å²) in [6.07, 6.45) is 2.50. The summed E-state index contributed by atoms with van der Waals surface area (Å²) < 4.78 is 56.9. The summed E-state index contributed by atoms with van der Waals surface area (Å²) in [5.74, 6) is -1.74. The Morgan fingerprint density at radius 2 is 1.90 bits per heavy atom. The molecule has 14 heteroatoms. The number of benzene rings is 1. The van der Waals surface area contributed by atoms with Crippen LogP contribution < -0.4 is 14.8 Å². The lowest BCUT2D eigenvalue weighted by Crippen LogP contribution is -2.53. The lowest BCUT2D eigenvalue weighted by Gasteiger charge is -2.29. The van der Waals surface area contributed by atoms with Crippen LogP contribution in [0.25, 0.3) is 0 Å². The van der Waals surface area contributed by atoms with Gasteiger partial charge in [-0.25, -0.2) is 8.42 Å². The summed E-state index contributed by atoms with van der Waals surface area (Å²) in [4.78, 5) is 40.6. The van der Waals surface area contributed by atoms with E-state index in [0.717, 1.165) is 16.7 Å². The van der Waals surface area contributed by atoms with Crippen LogP contribution in [0.5, 0.6) is 5.75 Å². The number of rotatable bonds is 9. The van der Waals surface area contributed by atoms with E-state index < -0.39 is 58.9 Å². The number of alkyl halides is 2. The van der Waals surface area contributed by atoms with Gasteiger partial charge in [-0.2, -0.15) is 17.8 Å². The van der Waals surface area contributed by atoms with Crippen molar-refractivity contribution in [2.45, 2.75) is 56.3 Å². The molecule has 2 saturated heterocycles. The molecule has 2 aliphatic heterocycles. The molecular weight excluding hydrogens is 538 g/mol. The van der Waals surface area contributed by atoms with E-state index in [9.17, 15) is 36.8 Å². The van der Waals surface area contributed by atoms with Crippen LogP contribution in [0.2, 0.25) is 0 Å². The minimum absolute atomic E-state index is 0.0208. The van der Waals surface area contributed by atoms with Crippen molar-refractivity contribution in [2.24, 2.45) is 5.92 Å². The number of halogens is 2. The number of nitrogens with one attached hydrogen (secondary N) is 1. The molecule has 210 valence electrons. The topological polar surface area (TPSA) is 140 Å². The number of hydrogen-bond acceptors (Lipinski definition) is 7. The first kappa shape index (κ1) is 28.4. The van der Waals surface area contributed by atoms with Gasteiger partial charge in [-0.1, -0.05) is 13.8 Å². The van der Waals surface area contributed by atoms with Crippen LogP contribution in [0, 0.1) is 11.1 Å². The number of aromatic nitrogens is 1. The number of sulfonamides is 1. The lowest BCUT2D eigenvalue weighted by molar-refractivity contribution is -0.607. The number of fused-ring (bicyclic) bond motifs is 1. The molecule has 2 aliphatic rings. The molecule has 1 aromatic carbocycles. The van der Waals surface area contributed by atoms with E-state index in [2.05, 4.69) is 10.1 Å². The third-order valence-electron chi connectivity index (χ3n) is 6.67. The second-order valence-corrected chi connectivity index (χ2v) is 11.7. The predicted molar refractivity (Wildman–Crippen MR) is 132 cm³/mol. The molecule has 4 rings (SSSR count). The maximum absolute atomic E-state index is 13.6. The Morgan fingerprint density at radius 3 is 2.51 bits per heavy atom. The Hall–Kier alpha value is -3.65. The van der Waals surface area contributed by atoms with Gasteiger partial charge in [0.2, 0.25) is 15.9 Å². The summed E-state index contributed by atoms with van der Waals surface area (Å²) in [5, 5.41) is 14.3. The largest absolute Gasteiger partial charge is 0.619 e. The van der Waals surface area contributed by atoms with Gasteiger partial charge < -0.3 is 20.2 Å². The van der Waals surface area contributed by atoms with Crippen LogP contribution in [0.4, 0.5) is 8.78 Å². The molecule has 0 aliphatic carbocycles. The molecule has 3 atom stereocenters. The Balaban J connectivity index is 1.52. The van der Waals surface area contributed by atoms with Crippen molar-refractivity contribution >= 4 is 27.6 Å². The molecule has 1 aromatic heterocycles. The SMILES string of the molecule is CC(C)CC(NC(=O)c1ccc(OC(F)F)cc1)C(=O)N1CCC2C1C(=O)CN2S(=O)(=O)c1ccc[n+]([O-])c1. The van der Waals surface area contributed by atoms with Gasteiger partial charge in [0, 0.05) is 18.2 Å². The monoisotopic (exact) mass is 566 g/mol. The fraction of sp³-hybridized carbons (Fsp3) is 0.440. The number of ether oxygens (including phenoxy) is 1. The van der Waals surface area contributed by atoms with E-state index in [4.69, 9.17) is 0 Å². The summed E-state index contributed by atoms with van der Waals surface area (Å²) in [6, 6.07) is 4.70. The van der Waals surface area contributed by atoms with E-state index in [1.54, 1.807) is 0 Å². The first-order valence-electron chi connectivity index (χ1n) is 12.3. The van der Waals surface area contributed by atoms with E-state index in [1.165, 1.54) is 41.3 Å². The number of ketones is 1. The third kappa shape index (κ3) is 6.01. The van der Waals surface area contributed by atoms with Crippen LogP contribution in [0.3, 0.4) is 0 Å². The minimum Gasteiger partial charge on any atom is -0.619 e. The fourth-order valence-electron chi connectivity index (χ4n) is 4.99. The van der Waals surface area contributed by atoms with Gasteiger partial charge in [-0.3, -0.25) is 14.4 Å². The Labute approximate surface area is 224 Å². The highest BCUT2D eigenvalue weighted by molar-refractivity contribution is 7.89. The Kier molecular flexibility index (Phi) is 8.16. The second-order valence-electron chi connectivity index (χ2n) is 9.81. The zero-order valence-electron chi connectivity index (χ0n) is 21.2. The molecule has 0 radical (unpaired) electrons. The van der Waals surface area contributed by atoms with Gasteiger partial charge in [-0.15, -0.1) is 0 Å². The van der Waals surface area contributed by atoms with E-state index in [1.807, 2.05) is 13.8 Å². The summed E-state index contributed by atoms with van der Waals surface area (Å²) in [7, 11) is -4.18. The van der Waals surface area contributed by atoms with Crippen molar-refractivity contribution < 1.29 is 41.0 Å². The molecule has 11 nitrogen and oxygen atoms in total. The van der Waals surface area contributed by atoms with Crippen LogP contribution in [-0.2, 0) is 19.6 Å². The van der Waals surface area contributed by atoms with Crippen molar-refractivity contribution in [1.29, 1.82) is 0 Å². The molecule has 0 bridgehead atoms. The van der Waals surface area contributed by atoms with Crippen molar-refractivity contribution in [3.8, 4) is 5.75 Å². The number of nitrogens with zero attached hydrogens (tertiary/aromatic N) is 3.